The summed E-state index contributed by atoms with van der Waals surface area (Å²) in [6.45, 7) is 4.36. The van der Waals surface area contributed by atoms with Gasteiger partial charge in [0.05, 0.1) is 22.0 Å². The topological polar surface area (TPSA) is 122 Å². The van der Waals surface area contributed by atoms with Gasteiger partial charge in [0.15, 0.2) is 5.65 Å². The molecule has 41 heavy (non-hydrogen) atoms. The maximum absolute atomic E-state index is 15.3. The van der Waals surface area contributed by atoms with Crippen molar-refractivity contribution in [3.05, 3.63) is 60.4 Å². The molecule has 0 bridgehead atoms. The maximum atomic E-state index is 15.3. The number of halogens is 2. The molecule has 2 aliphatic rings. The van der Waals surface area contributed by atoms with E-state index in [0.29, 0.717) is 28.3 Å². The fraction of sp³-hybridized carbons (Fsp3) is 0.393. The van der Waals surface area contributed by atoms with Crippen LogP contribution in [0.2, 0.25) is 0 Å². The molecule has 2 aromatic heterocycles. The van der Waals surface area contributed by atoms with Crippen molar-refractivity contribution in [2.45, 2.75) is 42.7 Å². The van der Waals surface area contributed by atoms with Gasteiger partial charge in [-0.15, -0.1) is 0 Å². The number of fused-ring (bicyclic) bond motifs is 1. The summed E-state index contributed by atoms with van der Waals surface area (Å²) < 4.78 is 58.0. The fourth-order valence-corrected chi connectivity index (χ4v) is 6.94. The van der Waals surface area contributed by atoms with Gasteiger partial charge >= 0.3 is 0 Å². The Kier molecular flexibility index (Phi) is 7.34. The lowest BCUT2D eigenvalue weighted by Gasteiger charge is -2.41. The van der Waals surface area contributed by atoms with Crippen LogP contribution in [0.3, 0.4) is 0 Å². The van der Waals surface area contributed by atoms with Crippen molar-refractivity contribution in [1.29, 1.82) is 0 Å². The number of anilines is 2. The largest absolute Gasteiger partial charge is 0.383 e. The highest BCUT2D eigenvalue weighted by atomic mass is 32.2. The van der Waals surface area contributed by atoms with Gasteiger partial charge in [0.25, 0.3) is 10.0 Å². The quantitative estimate of drug-likeness (QED) is 0.351. The summed E-state index contributed by atoms with van der Waals surface area (Å²) in [5, 5.41) is 5.40. The molecule has 1 saturated heterocycles. The van der Waals surface area contributed by atoms with Crippen LogP contribution in [0.15, 0.2) is 53.7 Å². The number of sulfonamides is 1. The third kappa shape index (κ3) is 5.48. The molecule has 1 aliphatic heterocycles. The van der Waals surface area contributed by atoms with E-state index in [2.05, 4.69) is 31.5 Å². The number of nitrogens with two attached hydrogens (primary N) is 1. The zero-order chi connectivity index (χ0) is 28.7. The van der Waals surface area contributed by atoms with Gasteiger partial charge in [0, 0.05) is 37.8 Å². The molecule has 1 aliphatic carbocycles. The number of piperazine rings is 1. The van der Waals surface area contributed by atoms with Crippen molar-refractivity contribution in [3.8, 4) is 11.3 Å². The molecule has 6 rings (SSSR count). The molecule has 3 heterocycles. The molecule has 0 spiro atoms. The van der Waals surface area contributed by atoms with Gasteiger partial charge in [-0.2, -0.15) is 5.10 Å². The molecule has 2 fully saturated rings. The van der Waals surface area contributed by atoms with Crippen LogP contribution in [0.5, 0.6) is 0 Å². The summed E-state index contributed by atoms with van der Waals surface area (Å²) in [6, 6.07) is 9.09. The van der Waals surface area contributed by atoms with E-state index in [-0.39, 0.29) is 22.4 Å². The number of nitrogens with zero attached hydrogens (tertiary/aromatic N) is 6. The smallest absolute Gasteiger partial charge is 0.261 e. The second-order valence-electron chi connectivity index (χ2n) is 10.8. The molecule has 13 heteroatoms. The second-order valence-corrected chi connectivity index (χ2v) is 12.5. The predicted molar refractivity (Wildman–Crippen MR) is 153 cm³/mol. The number of hydrogen-bond donors (Lipinski definition) is 2. The van der Waals surface area contributed by atoms with E-state index in [1.54, 1.807) is 6.07 Å². The summed E-state index contributed by atoms with van der Waals surface area (Å²) in [5.41, 5.74) is 7.48. The molecule has 0 amide bonds. The lowest BCUT2D eigenvalue weighted by atomic mass is 9.90. The molecule has 0 atom stereocenters. The summed E-state index contributed by atoms with van der Waals surface area (Å²) in [6.07, 6.45) is 5.40. The van der Waals surface area contributed by atoms with Gasteiger partial charge < -0.3 is 10.6 Å². The number of likely N-dealkylation sites (N-methyl/N-ethyl adjacent to an activating group) is 1. The van der Waals surface area contributed by atoms with Gasteiger partial charge in [0.1, 0.15) is 29.5 Å². The van der Waals surface area contributed by atoms with E-state index in [4.69, 9.17) is 10.8 Å². The Morgan fingerprint density at radius 1 is 0.927 bits per heavy atom. The maximum Gasteiger partial charge on any atom is 0.261 e. The fourth-order valence-electron chi connectivity index (χ4n) is 5.87. The Morgan fingerprint density at radius 2 is 1.61 bits per heavy atom. The van der Waals surface area contributed by atoms with Crippen LogP contribution in [0, 0.1) is 11.6 Å². The predicted octanol–water partition coefficient (Wildman–Crippen LogP) is 3.89. The van der Waals surface area contributed by atoms with Gasteiger partial charge in [-0.25, -0.2) is 31.8 Å². The van der Waals surface area contributed by atoms with E-state index >= 15 is 4.39 Å². The van der Waals surface area contributed by atoms with Gasteiger partial charge in [-0.05, 0) is 69.1 Å². The average Bonchev–Trinajstić information content (AvgIpc) is 3.36. The number of hydrogen-bond acceptors (Lipinski definition) is 8. The lowest BCUT2D eigenvalue weighted by Crippen LogP contribution is -2.49. The van der Waals surface area contributed by atoms with E-state index in [0.717, 1.165) is 76.1 Å². The SMILES string of the molecule is CN1CCN(C2CCC(n3nc(-c4ccc(NS(=O)(=O)c5ccc(F)cc5)c(F)c4)c4c(N)ncnc43)CC2)CC1. The standard InChI is InChI=1S/C28H32F2N8O2S/c1-36-12-14-37(15-13-36)20-5-7-21(8-6-20)38-28-25(27(31)32-17-33-28)26(34-38)18-2-11-24(23(30)16-18)35-41(39,40)22-9-3-19(29)4-10-22/h2-4,9-11,16-17,20-21,35H,5-8,12-15H2,1H3,(H2,31,32,33). The van der Waals surface area contributed by atoms with Crippen molar-refractivity contribution < 1.29 is 17.2 Å². The number of nitrogen functional groups attached to an aromatic ring is 1. The first kappa shape index (κ1) is 27.5. The highest BCUT2D eigenvalue weighted by Crippen LogP contribution is 2.37. The zero-order valence-corrected chi connectivity index (χ0v) is 23.5. The normalized spacial score (nSPS) is 20.9. The molecule has 10 nitrogen and oxygen atoms in total. The monoisotopic (exact) mass is 582 g/mol. The third-order valence-corrected chi connectivity index (χ3v) is 9.58. The summed E-state index contributed by atoms with van der Waals surface area (Å²) in [7, 11) is -1.96. The van der Waals surface area contributed by atoms with E-state index < -0.39 is 21.7 Å². The van der Waals surface area contributed by atoms with Crippen molar-refractivity contribution in [1.82, 2.24) is 29.5 Å². The molecule has 216 valence electrons. The summed E-state index contributed by atoms with van der Waals surface area (Å²) >= 11 is 0. The van der Waals surface area contributed by atoms with Crippen LogP contribution in [0.4, 0.5) is 20.3 Å². The van der Waals surface area contributed by atoms with Crippen LogP contribution >= 0.6 is 0 Å². The first-order valence-corrected chi connectivity index (χ1v) is 15.2. The summed E-state index contributed by atoms with van der Waals surface area (Å²) in [4.78, 5) is 13.4. The molecular weight excluding hydrogens is 550 g/mol. The molecule has 3 N–H and O–H groups in total. The number of aromatic nitrogens is 4. The van der Waals surface area contributed by atoms with Gasteiger partial charge in [0.2, 0.25) is 0 Å². The van der Waals surface area contributed by atoms with Crippen LogP contribution < -0.4 is 10.5 Å². The van der Waals surface area contributed by atoms with E-state index in [9.17, 15) is 12.8 Å². The second kappa shape index (κ2) is 11.0. The molecule has 0 unspecified atom stereocenters. The van der Waals surface area contributed by atoms with Crippen LogP contribution in [-0.4, -0.2) is 77.2 Å². The van der Waals surface area contributed by atoms with Crippen LogP contribution in [0.1, 0.15) is 31.7 Å². The van der Waals surface area contributed by atoms with Gasteiger partial charge in [-0.3, -0.25) is 9.62 Å². The highest BCUT2D eigenvalue weighted by molar-refractivity contribution is 7.92. The van der Waals surface area contributed by atoms with E-state index in [1.807, 2.05) is 4.68 Å². The third-order valence-electron chi connectivity index (χ3n) is 8.20. The van der Waals surface area contributed by atoms with Crippen molar-refractivity contribution in [3.63, 3.8) is 0 Å². The van der Waals surface area contributed by atoms with Gasteiger partial charge in [-0.1, -0.05) is 6.07 Å². The number of rotatable bonds is 6. The Hall–Kier alpha value is -3.68. The molecule has 1 saturated carbocycles. The minimum Gasteiger partial charge on any atom is -0.383 e. The Bertz CT molecular complexity index is 1660. The van der Waals surface area contributed by atoms with Crippen LogP contribution in [-0.2, 0) is 10.0 Å². The molecule has 0 radical (unpaired) electrons. The van der Waals surface area contributed by atoms with Crippen LogP contribution in [0.25, 0.3) is 22.3 Å². The lowest BCUT2D eigenvalue weighted by molar-refractivity contribution is 0.0815. The molecular formula is C28H32F2N8O2S. The van der Waals surface area contributed by atoms with Crippen molar-refractivity contribution in [2.24, 2.45) is 0 Å². The average molecular weight is 583 g/mol. The Morgan fingerprint density at radius 3 is 2.29 bits per heavy atom. The Balaban J connectivity index is 1.26. The number of benzene rings is 2. The van der Waals surface area contributed by atoms with Crippen molar-refractivity contribution in [2.75, 3.05) is 43.7 Å². The minimum atomic E-state index is -4.12. The minimum absolute atomic E-state index is 0.121. The highest BCUT2D eigenvalue weighted by Gasteiger charge is 2.31. The van der Waals surface area contributed by atoms with E-state index in [1.165, 1.54) is 18.5 Å². The molecule has 4 aromatic rings. The number of nitrogens with one attached hydrogen (secondary N) is 1. The summed E-state index contributed by atoms with van der Waals surface area (Å²) in [5.74, 6) is -1.12. The first-order chi connectivity index (χ1) is 19.7. The first-order valence-electron chi connectivity index (χ1n) is 13.7. The molecule has 2 aromatic carbocycles. The zero-order valence-electron chi connectivity index (χ0n) is 22.7. The van der Waals surface area contributed by atoms with Crippen molar-refractivity contribution >= 4 is 32.6 Å². The Labute approximate surface area is 237 Å².